The van der Waals surface area contributed by atoms with Gasteiger partial charge in [-0.15, -0.1) is 0 Å². The van der Waals surface area contributed by atoms with Crippen molar-refractivity contribution in [2.24, 2.45) is 5.41 Å². The highest BCUT2D eigenvalue weighted by molar-refractivity contribution is 4.74. The van der Waals surface area contributed by atoms with Crippen LogP contribution in [0.5, 0.6) is 0 Å². The Bertz CT molecular complexity index is 100. The molecule has 60 valence electrons. The van der Waals surface area contributed by atoms with E-state index in [4.69, 9.17) is 4.74 Å². The SMILES string of the molecule is CC(C)(C)C1NCCCO1. The standard InChI is InChI=1S/C8H17NO/c1-8(2,3)7-9-5-4-6-10-7/h7,9H,4-6H2,1-3H3. The Hall–Kier alpha value is -0.0800. The fourth-order valence-corrected chi connectivity index (χ4v) is 1.12. The lowest BCUT2D eigenvalue weighted by molar-refractivity contribution is -0.0622. The van der Waals surface area contributed by atoms with E-state index in [0.29, 0.717) is 0 Å². The number of ether oxygens (including phenoxy) is 1. The van der Waals surface area contributed by atoms with Crippen molar-refractivity contribution in [3.05, 3.63) is 0 Å². The molecule has 0 amide bonds. The van der Waals surface area contributed by atoms with E-state index >= 15 is 0 Å². The highest BCUT2D eigenvalue weighted by atomic mass is 16.5. The number of nitrogens with one attached hydrogen (secondary N) is 1. The molecule has 1 fully saturated rings. The minimum absolute atomic E-state index is 0.237. The van der Waals surface area contributed by atoms with Crippen LogP contribution in [-0.2, 0) is 4.74 Å². The molecule has 1 aliphatic rings. The van der Waals surface area contributed by atoms with Crippen LogP contribution in [0.4, 0.5) is 0 Å². The molecular formula is C8H17NO. The Morgan fingerprint density at radius 1 is 1.40 bits per heavy atom. The van der Waals surface area contributed by atoms with E-state index in [1.807, 2.05) is 0 Å². The zero-order chi connectivity index (χ0) is 7.61. The first-order chi connectivity index (χ1) is 4.61. The molecule has 1 saturated heterocycles. The molecule has 0 aromatic heterocycles. The molecule has 10 heavy (non-hydrogen) atoms. The summed E-state index contributed by atoms with van der Waals surface area (Å²) < 4.78 is 5.53. The minimum atomic E-state index is 0.237. The Balaban J connectivity index is 2.39. The maximum Gasteiger partial charge on any atom is 0.112 e. The van der Waals surface area contributed by atoms with Crippen LogP contribution in [0.1, 0.15) is 27.2 Å². The van der Waals surface area contributed by atoms with Crippen LogP contribution in [0.3, 0.4) is 0 Å². The van der Waals surface area contributed by atoms with Crippen LogP contribution >= 0.6 is 0 Å². The summed E-state index contributed by atoms with van der Waals surface area (Å²) in [5.41, 5.74) is 0.237. The van der Waals surface area contributed by atoms with Crippen molar-refractivity contribution in [2.45, 2.75) is 33.4 Å². The molecule has 1 rings (SSSR count). The van der Waals surface area contributed by atoms with E-state index in [2.05, 4.69) is 26.1 Å². The van der Waals surface area contributed by atoms with Crippen LogP contribution in [0.15, 0.2) is 0 Å². The molecule has 0 radical (unpaired) electrons. The Morgan fingerprint density at radius 3 is 2.40 bits per heavy atom. The monoisotopic (exact) mass is 143 g/mol. The predicted octanol–water partition coefficient (Wildman–Crippen LogP) is 1.37. The summed E-state index contributed by atoms with van der Waals surface area (Å²) in [6.45, 7) is 8.58. The van der Waals surface area contributed by atoms with E-state index in [1.54, 1.807) is 0 Å². The average molecular weight is 143 g/mol. The third kappa shape index (κ3) is 1.96. The highest BCUT2D eigenvalue weighted by Crippen LogP contribution is 2.21. The van der Waals surface area contributed by atoms with Crippen molar-refractivity contribution in [1.29, 1.82) is 0 Å². The van der Waals surface area contributed by atoms with E-state index < -0.39 is 0 Å². The van der Waals surface area contributed by atoms with Gasteiger partial charge in [0.2, 0.25) is 0 Å². The van der Waals surface area contributed by atoms with Gasteiger partial charge < -0.3 is 4.74 Å². The number of rotatable bonds is 0. The molecule has 0 aromatic rings. The molecule has 0 bridgehead atoms. The van der Waals surface area contributed by atoms with Gasteiger partial charge in [-0.1, -0.05) is 20.8 Å². The fraction of sp³-hybridized carbons (Fsp3) is 1.00. The van der Waals surface area contributed by atoms with Crippen molar-refractivity contribution >= 4 is 0 Å². The van der Waals surface area contributed by atoms with Crippen molar-refractivity contribution in [3.63, 3.8) is 0 Å². The Kier molecular flexibility index (Phi) is 2.32. The second-order valence-electron chi connectivity index (χ2n) is 3.92. The van der Waals surface area contributed by atoms with Gasteiger partial charge in [0.05, 0.1) is 0 Å². The average Bonchev–Trinajstić information content (AvgIpc) is 1.88. The van der Waals surface area contributed by atoms with Crippen LogP contribution in [0, 0.1) is 5.41 Å². The molecule has 0 aliphatic carbocycles. The summed E-state index contributed by atoms with van der Waals surface area (Å²) in [4.78, 5) is 0. The van der Waals surface area contributed by atoms with Gasteiger partial charge in [0.15, 0.2) is 0 Å². The lowest BCUT2D eigenvalue weighted by atomic mass is 9.93. The zero-order valence-corrected chi connectivity index (χ0v) is 7.11. The van der Waals surface area contributed by atoms with Gasteiger partial charge in [0.25, 0.3) is 0 Å². The summed E-state index contributed by atoms with van der Waals surface area (Å²) in [7, 11) is 0. The smallest absolute Gasteiger partial charge is 0.112 e. The normalized spacial score (nSPS) is 28.5. The first-order valence-corrected chi connectivity index (χ1v) is 3.96. The van der Waals surface area contributed by atoms with Crippen molar-refractivity contribution < 1.29 is 4.74 Å². The van der Waals surface area contributed by atoms with Crippen molar-refractivity contribution in [2.75, 3.05) is 13.2 Å². The highest BCUT2D eigenvalue weighted by Gasteiger charge is 2.26. The molecule has 1 unspecified atom stereocenters. The van der Waals surface area contributed by atoms with E-state index in [9.17, 15) is 0 Å². The van der Waals surface area contributed by atoms with Crippen LogP contribution in [0.2, 0.25) is 0 Å². The predicted molar refractivity (Wildman–Crippen MR) is 41.8 cm³/mol. The Morgan fingerprint density at radius 2 is 2.10 bits per heavy atom. The van der Waals surface area contributed by atoms with E-state index in [-0.39, 0.29) is 11.6 Å². The largest absolute Gasteiger partial charge is 0.363 e. The number of hydrogen-bond acceptors (Lipinski definition) is 2. The maximum absolute atomic E-state index is 5.53. The van der Waals surface area contributed by atoms with Gasteiger partial charge in [-0.2, -0.15) is 0 Å². The first kappa shape index (κ1) is 8.02. The van der Waals surface area contributed by atoms with Crippen LogP contribution in [0.25, 0.3) is 0 Å². The topological polar surface area (TPSA) is 21.3 Å². The zero-order valence-electron chi connectivity index (χ0n) is 7.11. The lowest BCUT2D eigenvalue weighted by Crippen LogP contribution is -2.46. The van der Waals surface area contributed by atoms with Crippen LogP contribution in [-0.4, -0.2) is 19.4 Å². The molecule has 2 heteroatoms. The molecule has 1 N–H and O–H groups in total. The number of hydrogen-bond donors (Lipinski definition) is 1. The molecule has 0 saturated carbocycles. The molecule has 2 nitrogen and oxygen atoms in total. The molecule has 0 aromatic carbocycles. The first-order valence-electron chi connectivity index (χ1n) is 3.96. The van der Waals surface area contributed by atoms with Crippen molar-refractivity contribution in [1.82, 2.24) is 5.32 Å². The summed E-state index contributed by atoms with van der Waals surface area (Å²) in [6, 6.07) is 0. The third-order valence-corrected chi connectivity index (χ3v) is 1.72. The Labute approximate surface area is 63.0 Å². The van der Waals surface area contributed by atoms with Gasteiger partial charge in [0, 0.05) is 12.0 Å². The summed E-state index contributed by atoms with van der Waals surface area (Å²) in [5.74, 6) is 0. The summed E-state index contributed by atoms with van der Waals surface area (Å²) in [6.07, 6.45) is 1.40. The molecule has 1 heterocycles. The van der Waals surface area contributed by atoms with Crippen molar-refractivity contribution in [3.8, 4) is 0 Å². The quantitative estimate of drug-likeness (QED) is 0.553. The summed E-state index contributed by atoms with van der Waals surface area (Å²) in [5, 5.41) is 3.34. The van der Waals surface area contributed by atoms with Gasteiger partial charge in [0.1, 0.15) is 6.23 Å². The molecule has 1 aliphatic heterocycles. The van der Waals surface area contributed by atoms with Crippen LogP contribution < -0.4 is 5.32 Å². The molecule has 0 spiro atoms. The van der Waals surface area contributed by atoms with Gasteiger partial charge >= 0.3 is 0 Å². The second-order valence-corrected chi connectivity index (χ2v) is 3.92. The van der Waals surface area contributed by atoms with Gasteiger partial charge in [-0.05, 0) is 13.0 Å². The summed E-state index contributed by atoms with van der Waals surface area (Å²) >= 11 is 0. The maximum atomic E-state index is 5.53. The van der Waals surface area contributed by atoms with Gasteiger partial charge in [-0.3, -0.25) is 5.32 Å². The van der Waals surface area contributed by atoms with E-state index in [1.165, 1.54) is 0 Å². The third-order valence-electron chi connectivity index (χ3n) is 1.72. The second kappa shape index (κ2) is 2.89. The lowest BCUT2D eigenvalue weighted by Gasteiger charge is -2.34. The van der Waals surface area contributed by atoms with E-state index in [0.717, 1.165) is 19.6 Å². The van der Waals surface area contributed by atoms with Gasteiger partial charge in [-0.25, -0.2) is 0 Å². The molecule has 1 atom stereocenters. The fourth-order valence-electron chi connectivity index (χ4n) is 1.12. The minimum Gasteiger partial charge on any atom is -0.363 e. The molecular weight excluding hydrogens is 126 g/mol.